The van der Waals surface area contributed by atoms with Crippen molar-refractivity contribution < 1.29 is 9.90 Å². The van der Waals surface area contributed by atoms with Gasteiger partial charge in [-0.3, -0.25) is 4.79 Å². The molecule has 0 aliphatic carbocycles. The SMILES string of the molecule is O=C(O)CC(CCc1ccc(Cl)cc1)NCc1ccccc1. The molecule has 2 rings (SSSR count). The minimum absolute atomic E-state index is 0.0478. The van der Waals surface area contributed by atoms with Crippen LogP contribution in [0.1, 0.15) is 24.0 Å². The zero-order valence-corrected chi connectivity index (χ0v) is 13.1. The van der Waals surface area contributed by atoms with Crippen molar-refractivity contribution >= 4 is 17.6 Å². The molecular formula is C18H20ClNO2. The Morgan fingerprint density at radius 1 is 1.05 bits per heavy atom. The fourth-order valence-corrected chi connectivity index (χ4v) is 2.46. The smallest absolute Gasteiger partial charge is 0.304 e. The number of carbonyl (C=O) groups is 1. The first-order chi connectivity index (χ1) is 10.6. The number of benzene rings is 2. The van der Waals surface area contributed by atoms with Gasteiger partial charge in [0.25, 0.3) is 0 Å². The predicted molar refractivity (Wildman–Crippen MR) is 89.1 cm³/mol. The molecule has 0 radical (unpaired) electrons. The van der Waals surface area contributed by atoms with Gasteiger partial charge in [0.15, 0.2) is 0 Å². The maximum atomic E-state index is 11.0. The lowest BCUT2D eigenvalue weighted by molar-refractivity contribution is -0.137. The predicted octanol–water partition coefficient (Wildman–Crippen LogP) is 3.91. The molecule has 0 bridgehead atoms. The molecule has 116 valence electrons. The molecule has 0 saturated carbocycles. The molecule has 22 heavy (non-hydrogen) atoms. The average molecular weight is 318 g/mol. The summed E-state index contributed by atoms with van der Waals surface area (Å²) in [6.07, 6.45) is 1.73. The first-order valence-electron chi connectivity index (χ1n) is 7.37. The summed E-state index contributed by atoms with van der Waals surface area (Å²) in [7, 11) is 0. The van der Waals surface area contributed by atoms with Gasteiger partial charge in [-0.1, -0.05) is 54.1 Å². The number of hydrogen-bond acceptors (Lipinski definition) is 2. The number of aryl methyl sites for hydroxylation is 1. The minimum atomic E-state index is -0.776. The number of rotatable bonds is 8. The second-order valence-corrected chi connectivity index (χ2v) is 5.76. The Bertz CT molecular complexity index is 584. The van der Waals surface area contributed by atoms with Gasteiger partial charge in [-0.15, -0.1) is 0 Å². The molecule has 0 spiro atoms. The molecule has 0 aliphatic heterocycles. The standard InChI is InChI=1S/C18H20ClNO2/c19-16-9-6-14(7-10-16)8-11-17(12-18(21)22)20-13-15-4-2-1-3-5-15/h1-7,9-10,17,20H,8,11-13H2,(H,21,22). The molecule has 0 saturated heterocycles. The number of halogens is 1. The van der Waals surface area contributed by atoms with Crippen LogP contribution in [0.4, 0.5) is 0 Å². The van der Waals surface area contributed by atoms with E-state index < -0.39 is 5.97 Å². The van der Waals surface area contributed by atoms with Gasteiger partial charge >= 0.3 is 5.97 Å². The lowest BCUT2D eigenvalue weighted by Gasteiger charge is -2.17. The van der Waals surface area contributed by atoms with Crippen molar-refractivity contribution in [3.8, 4) is 0 Å². The monoisotopic (exact) mass is 317 g/mol. The minimum Gasteiger partial charge on any atom is -0.481 e. The molecular weight excluding hydrogens is 298 g/mol. The first-order valence-corrected chi connectivity index (χ1v) is 7.75. The Kier molecular flexibility index (Phi) is 6.44. The normalized spacial score (nSPS) is 12.0. The zero-order valence-electron chi connectivity index (χ0n) is 12.3. The van der Waals surface area contributed by atoms with Gasteiger partial charge in [0.2, 0.25) is 0 Å². The highest BCUT2D eigenvalue weighted by Gasteiger charge is 2.13. The zero-order chi connectivity index (χ0) is 15.8. The van der Waals surface area contributed by atoms with E-state index in [2.05, 4.69) is 5.32 Å². The first kappa shape index (κ1) is 16.5. The van der Waals surface area contributed by atoms with Crippen molar-refractivity contribution in [3.05, 3.63) is 70.7 Å². The molecule has 2 N–H and O–H groups in total. The number of nitrogens with one attached hydrogen (secondary N) is 1. The Morgan fingerprint density at radius 3 is 2.36 bits per heavy atom. The highest BCUT2D eigenvalue weighted by atomic mass is 35.5. The Labute approximate surface area is 135 Å². The van der Waals surface area contributed by atoms with Gasteiger partial charge in [0, 0.05) is 17.6 Å². The van der Waals surface area contributed by atoms with Gasteiger partial charge in [-0.2, -0.15) is 0 Å². The van der Waals surface area contributed by atoms with Crippen LogP contribution in [0.3, 0.4) is 0 Å². The summed E-state index contributed by atoms with van der Waals surface area (Å²) in [4.78, 5) is 11.0. The highest BCUT2D eigenvalue weighted by molar-refractivity contribution is 6.30. The van der Waals surface area contributed by atoms with E-state index in [9.17, 15) is 4.79 Å². The van der Waals surface area contributed by atoms with Crippen molar-refractivity contribution in [2.45, 2.75) is 31.8 Å². The lowest BCUT2D eigenvalue weighted by Crippen LogP contribution is -2.31. The van der Waals surface area contributed by atoms with E-state index in [1.807, 2.05) is 54.6 Å². The fraction of sp³-hybridized carbons (Fsp3) is 0.278. The molecule has 0 aromatic heterocycles. The van der Waals surface area contributed by atoms with Crippen LogP contribution in [-0.2, 0) is 17.8 Å². The molecule has 2 aromatic carbocycles. The second-order valence-electron chi connectivity index (χ2n) is 5.33. The second kappa shape index (κ2) is 8.57. The summed E-state index contributed by atoms with van der Waals surface area (Å²) in [5.41, 5.74) is 2.32. The van der Waals surface area contributed by atoms with Crippen molar-refractivity contribution in [1.29, 1.82) is 0 Å². The van der Waals surface area contributed by atoms with E-state index in [0.29, 0.717) is 11.6 Å². The fourth-order valence-electron chi connectivity index (χ4n) is 2.34. The summed E-state index contributed by atoms with van der Waals surface area (Å²) in [6.45, 7) is 0.680. The summed E-state index contributed by atoms with van der Waals surface area (Å²) < 4.78 is 0. The third-order valence-corrected chi connectivity index (χ3v) is 3.81. The quantitative estimate of drug-likeness (QED) is 0.776. The molecule has 0 aliphatic rings. The van der Waals surface area contributed by atoms with Gasteiger partial charge in [0.1, 0.15) is 0 Å². The third kappa shape index (κ3) is 5.88. The van der Waals surface area contributed by atoms with Crippen LogP contribution in [0.15, 0.2) is 54.6 Å². The number of carboxylic acids is 1. The van der Waals surface area contributed by atoms with Gasteiger partial charge in [-0.05, 0) is 36.1 Å². The van der Waals surface area contributed by atoms with Crippen LogP contribution in [0.2, 0.25) is 5.02 Å². The number of hydrogen-bond donors (Lipinski definition) is 2. The summed E-state index contributed by atoms with van der Waals surface area (Å²) >= 11 is 5.87. The Hall–Kier alpha value is -1.84. The molecule has 1 atom stereocenters. The average Bonchev–Trinajstić information content (AvgIpc) is 2.52. The van der Waals surface area contributed by atoms with E-state index in [1.165, 1.54) is 5.56 Å². The van der Waals surface area contributed by atoms with E-state index in [1.54, 1.807) is 0 Å². The van der Waals surface area contributed by atoms with E-state index in [-0.39, 0.29) is 12.5 Å². The van der Waals surface area contributed by atoms with Crippen LogP contribution in [-0.4, -0.2) is 17.1 Å². The lowest BCUT2D eigenvalue weighted by atomic mass is 10.0. The molecule has 0 heterocycles. The van der Waals surface area contributed by atoms with Gasteiger partial charge < -0.3 is 10.4 Å². The maximum Gasteiger partial charge on any atom is 0.304 e. The van der Waals surface area contributed by atoms with Crippen molar-refractivity contribution in [2.24, 2.45) is 0 Å². The van der Waals surface area contributed by atoms with Gasteiger partial charge in [-0.25, -0.2) is 0 Å². The van der Waals surface area contributed by atoms with Crippen LogP contribution < -0.4 is 5.32 Å². The highest BCUT2D eigenvalue weighted by Crippen LogP contribution is 2.13. The van der Waals surface area contributed by atoms with Crippen LogP contribution in [0.5, 0.6) is 0 Å². The molecule has 2 aromatic rings. The van der Waals surface area contributed by atoms with Crippen LogP contribution in [0, 0.1) is 0 Å². The van der Waals surface area contributed by atoms with E-state index in [4.69, 9.17) is 16.7 Å². The number of aliphatic carboxylic acids is 1. The van der Waals surface area contributed by atoms with E-state index >= 15 is 0 Å². The molecule has 4 heteroatoms. The molecule has 0 amide bonds. The Balaban J connectivity index is 1.88. The van der Waals surface area contributed by atoms with Crippen molar-refractivity contribution in [1.82, 2.24) is 5.32 Å². The molecule has 0 fully saturated rings. The van der Waals surface area contributed by atoms with E-state index in [0.717, 1.165) is 18.4 Å². The summed E-state index contributed by atoms with van der Waals surface area (Å²) in [6, 6.07) is 17.6. The molecule has 1 unspecified atom stereocenters. The summed E-state index contributed by atoms with van der Waals surface area (Å²) in [5, 5.41) is 13.1. The van der Waals surface area contributed by atoms with Crippen LogP contribution >= 0.6 is 11.6 Å². The van der Waals surface area contributed by atoms with Crippen molar-refractivity contribution in [2.75, 3.05) is 0 Å². The Morgan fingerprint density at radius 2 is 1.73 bits per heavy atom. The van der Waals surface area contributed by atoms with Gasteiger partial charge in [0.05, 0.1) is 6.42 Å². The maximum absolute atomic E-state index is 11.0. The summed E-state index contributed by atoms with van der Waals surface area (Å²) in [5.74, 6) is -0.776. The van der Waals surface area contributed by atoms with Crippen LogP contribution in [0.25, 0.3) is 0 Å². The number of carboxylic acid groups (broad SMARTS) is 1. The largest absolute Gasteiger partial charge is 0.481 e. The van der Waals surface area contributed by atoms with Crippen molar-refractivity contribution in [3.63, 3.8) is 0 Å². The molecule has 3 nitrogen and oxygen atoms in total. The topological polar surface area (TPSA) is 49.3 Å². The third-order valence-electron chi connectivity index (χ3n) is 3.55.